The Hall–Kier alpha value is -3.26. The molecule has 0 bridgehead atoms. The number of nitrogens with one attached hydrogen (secondary N) is 1. The molecule has 1 aromatic heterocycles. The van der Waals surface area contributed by atoms with Crippen molar-refractivity contribution >= 4 is 33.8 Å². The van der Waals surface area contributed by atoms with Crippen molar-refractivity contribution in [2.24, 2.45) is 0 Å². The minimum atomic E-state index is -0.479. The number of carbonyl (C=O) groups is 1. The molecule has 0 saturated heterocycles. The van der Waals surface area contributed by atoms with Crippen molar-refractivity contribution in [1.82, 2.24) is 4.98 Å². The van der Waals surface area contributed by atoms with E-state index in [0.29, 0.717) is 21.8 Å². The number of thiazole rings is 1. The first-order valence-electron chi connectivity index (χ1n) is 7.75. The van der Waals surface area contributed by atoms with E-state index in [-0.39, 0.29) is 16.7 Å². The molecule has 2 aromatic carbocycles. The van der Waals surface area contributed by atoms with Gasteiger partial charge in [-0.15, -0.1) is 0 Å². The van der Waals surface area contributed by atoms with Gasteiger partial charge in [0.05, 0.1) is 10.6 Å². The molecule has 0 aliphatic carbocycles. The Morgan fingerprint density at radius 1 is 1.19 bits per heavy atom. The van der Waals surface area contributed by atoms with Crippen molar-refractivity contribution in [2.45, 2.75) is 13.8 Å². The third-order valence-corrected chi connectivity index (χ3v) is 4.71. The molecule has 0 aliphatic heterocycles. The first kappa shape index (κ1) is 17.6. The van der Waals surface area contributed by atoms with Crippen molar-refractivity contribution in [2.75, 3.05) is 11.1 Å². The fourth-order valence-electron chi connectivity index (χ4n) is 2.56. The molecule has 0 atom stereocenters. The number of nitro groups is 1. The number of carbonyl (C=O) groups excluding carboxylic acids is 1. The summed E-state index contributed by atoms with van der Waals surface area (Å²) in [7, 11) is 0. The van der Waals surface area contributed by atoms with Crippen LogP contribution in [0, 0.1) is 24.0 Å². The van der Waals surface area contributed by atoms with Crippen LogP contribution in [0.4, 0.5) is 16.5 Å². The van der Waals surface area contributed by atoms with Crippen molar-refractivity contribution in [3.05, 3.63) is 68.6 Å². The zero-order valence-electron chi connectivity index (χ0n) is 14.1. The topological polar surface area (TPSA) is 111 Å². The van der Waals surface area contributed by atoms with Crippen LogP contribution in [0.5, 0.6) is 0 Å². The Bertz CT molecular complexity index is 996. The van der Waals surface area contributed by atoms with Gasteiger partial charge in [0.25, 0.3) is 11.6 Å². The van der Waals surface area contributed by atoms with Gasteiger partial charge in [0.1, 0.15) is 4.88 Å². The molecule has 0 aliphatic rings. The quantitative estimate of drug-likeness (QED) is 0.530. The van der Waals surface area contributed by atoms with Crippen LogP contribution in [0.25, 0.3) is 11.3 Å². The maximum Gasteiger partial charge on any atom is 0.269 e. The molecule has 3 aromatic rings. The molecular formula is C18H16N4O3S. The summed E-state index contributed by atoms with van der Waals surface area (Å²) in [5, 5.41) is 13.9. The van der Waals surface area contributed by atoms with Gasteiger partial charge >= 0.3 is 0 Å². The van der Waals surface area contributed by atoms with Gasteiger partial charge < -0.3 is 11.1 Å². The van der Waals surface area contributed by atoms with Crippen LogP contribution in [0.1, 0.15) is 20.8 Å². The van der Waals surface area contributed by atoms with E-state index in [1.165, 1.54) is 12.1 Å². The van der Waals surface area contributed by atoms with Crippen molar-refractivity contribution in [3.63, 3.8) is 0 Å². The third kappa shape index (κ3) is 3.55. The summed E-state index contributed by atoms with van der Waals surface area (Å²) >= 11 is 1.08. The Balaban J connectivity index is 1.93. The third-order valence-electron chi connectivity index (χ3n) is 3.83. The smallest absolute Gasteiger partial charge is 0.269 e. The number of aryl methyl sites for hydroxylation is 2. The van der Waals surface area contributed by atoms with Crippen molar-refractivity contribution < 1.29 is 9.72 Å². The molecule has 1 amide bonds. The highest BCUT2D eigenvalue weighted by molar-refractivity contribution is 7.17. The number of benzene rings is 2. The van der Waals surface area contributed by atoms with E-state index >= 15 is 0 Å². The van der Waals surface area contributed by atoms with E-state index in [1.54, 1.807) is 12.1 Å². The molecule has 0 radical (unpaired) electrons. The lowest BCUT2D eigenvalue weighted by molar-refractivity contribution is -0.384. The molecule has 0 fully saturated rings. The number of amides is 1. The molecule has 8 heteroatoms. The van der Waals surface area contributed by atoms with Crippen LogP contribution in [0.15, 0.2) is 42.5 Å². The van der Waals surface area contributed by atoms with Gasteiger partial charge in [0, 0.05) is 23.4 Å². The summed E-state index contributed by atoms with van der Waals surface area (Å²) in [4.78, 5) is 27.6. The normalized spacial score (nSPS) is 10.5. The predicted octanol–water partition coefficient (Wildman–Crippen LogP) is 4.17. The highest BCUT2D eigenvalue weighted by Gasteiger charge is 2.20. The van der Waals surface area contributed by atoms with Gasteiger partial charge in [0.2, 0.25) is 0 Å². The van der Waals surface area contributed by atoms with Gasteiger partial charge in [-0.05, 0) is 37.6 Å². The molecule has 0 unspecified atom stereocenters. The Morgan fingerprint density at radius 3 is 2.50 bits per heavy atom. The minimum Gasteiger partial charge on any atom is -0.375 e. The molecule has 3 rings (SSSR count). The van der Waals surface area contributed by atoms with E-state index in [0.717, 1.165) is 22.5 Å². The number of hydrogen-bond donors (Lipinski definition) is 2. The highest BCUT2D eigenvalue weighted by Crippen LogP contribution is 2.31. The Kier molecular flexibility index (Phi) is 4.68. The van der Waals surface area contributed by atoms with Gasteiger partial charge in [0.15, 0.2) is 5.13 Å². The molecule has 1 heterocycles. The number of nitrogens with zero attached hydrogens (tertiary/aromatic N) is 2. The Labute approximate surface area is 153 Å². The molecule has 26 heavy (non-hydrogen) atoms. The lowest BCUT2D eigenvalue weighted by Crippen LogP contribution is -2.12. The number of nitrogens with two attached hydrogens (primary N) is 1. The number of nitro benzene ring substituents is 1. The first-order valence-corrected chi connectivity index (χ1v) is 8.56. The van der Waals surface area contributed by atoms with Crippen molar-refractivity contribution in [1.29, 1.82) is 0 Å². The van der Waals surface area contributed by atoms with Gasteiger partial charge in [-0.3, -0.25) is 14.9 Å². The molecule has 0 saturated carbocycles. The second-order valence-electron chi connectivity index (χ2n) is 5.81. The number of hydrogen-bond acceptors (Lipinski definition) is 6. The maximum absolute atomic E-state index is 12.7. The van der Waals surface area contributed by atoms with E-state index in [4.69, 9.17) is 5.73 Å². The van der Waals surface area contributed by atoms with Crippen LogP contribution in [-0.2, 0) is 0 Å². The zero-order chi connectivity index (χ0) is 18.8. The maximum atomic E-state index is 12.7. The van der Waals surface area contributed by atoms with Crippen LogP contribution in [0.3, 0.4) is 0 Å². The van der Waals surface area contributed by atoms with Gasteiger partial charge in [-0.1, -0.05) is 29.0 Å². The van der Waals surface area contributed by atoms with Crippen molar-refractivity contribution in [3.8, 4) is 11.3 Å². The molecule has 3 N–H and O–H groups in total. The van der Waals surface area contributed by atoms with Crippen LogP contribution < -0.4 is 11.1 Å². The van der Waals surface area contributed by atoms with Crippen LogP contribution in [0.2, 0.25) is 0 Å². The highest BCUT2D eigenvalue weighted by atomic mass is 32.1. The minimum absolute atomic E-state index is 0.0294. The first-order chi connectivity index (χ1) is 12.3. The number of rotatable bonds is 4. The van der Waals surface area contributed by atoms with E-state index < -0.39 is 4.92 Å². The van der Waals surface area contributed by atoms with Crippen LogP contribution >= 0.6 is 11.3 Å². The van der Waals surface area contributed by atoms with Gasteiger partial charge in [-0.25, -0.2) is 4.98 Å². The standard InChI is InChI=1S/C18H16N4O3S/c1-10-3-8-14(11(2)9-10)20-17(23)16-15(21-18(19)26-16)12-4-6-13(7-5-12)22(24)25/h3-9H,1-2H3,(H2,19,21)(H,20,23). The monoisotopic (exact) mass is 368 g/mol. The van der Waals surface area contributed by atoms with Gasteiger partial charge in [-0.2, -0.15) is 0 Å². The largest absolute Gasteiger partial charge is 0.375 e. The molecule has 0 spiro atoms. The predicted molar refractivity (Wildman–Crippen MR) is 102 cm³/mol. The summed E-state index contributed by atoms with van der Waals surface area (Å²) in [6.45, 7) is 3.90. The summed E-state index contributed by atoms with van der Waals surface area (Å²) in [5.41, 5.74) is 9.53. The summed E-state index contributed by atoms with van der Waals surface area (Å²) in [6, 6.07) is 11.6. The van der Waals surface area contributed by atoms with Crippen LogP contribution in [-0.4, -0.2) is 15.8 Å². The van der Waals surface area contributed by atoms with E-state index in [1.807, 2.05) is 32.0 Å². The Morgan fingerprint density at radius 2 is 1.88 bits per heavy atom. The lowest BCUT2D eigenvalue weighted by Gasteiger charge is -2.09. The zero-order valence-corrected chi connectivity index (χ0v) is 15.0. The number of aromatic nitrogens is 1. The van der Waals surface area contributed by atoms with E-state index in [9.17, 15) is 14.9 Å². The average Bonchev–Trinajstić information content (AvgIpc) is 2.99. The summed E-state index contributed by atoms with van der Waals surface area (Å²) in [5.74, 6) is -0.320. The second-order valence-corrected chi connectivity index (χ2v) is 6.84. The summed E-state index contributed by atoms with van der Waals surface area (Å²) < 4.78 is 0. The van der Waals surface area contributed by atoms with E-state index in [2.05, 4.69) is 10.3 Å². The molecular weight excluding hydrogens is 352 g/mol. The molecule has 7 nitrogen and oxygen atoms in total. The second kappa shape index (κ2) is 6.93. The number of nitrogen functional groups attached to an aromatic ring is 1. The fourth-order valence-corrected chi connectivity index (χ4v) is 3.31. The average molecular weight is 368 g/mol. The number of non-ortho nitro benzene ring substituents is 1. The summed E-state index contributed by atoms with van der Waals surface area (Å²) in [6.07, 6.45) is 0. The fraction of sp³-hybridized carbons (Fsp3) is 0.111. The SMILES string of the molecule is Cc1ccc(NC(=O)c2sc(N)nc2-c2ccc([N+](=O)[O-])cc2)c(C)c1. The lowest BCUT2D eigenvalue weighted by atomic mass is 10.1. The number of anilines is 2. The molecule has 132 valence electrons.